The third-order valence-corrected chi connectivity index (χ3v) is 3.50. The molecule has 1 aromatic heterocycles. The average molecular weight is 320 g/mol. The molecule has 0 amide bonds. The highest BCUT2D eigenvalue weighted by Crippen LogP contribution is 2.24. The van der Waals surface area contributed by atoms with Gasteiger partial charge in [-0.1, -0.05) is 0 Å². The van der Waals surface area contributed by atoms with Crippen LogP contribution in [0.1, 0.15) is 24.4 Å². The summed E-state index contributed by atoms with van der Waals surface area (Å²) in [6.45, 7) is 1.99. The van der Waals surface area contributed by atoms with Crippen molar-refractivity contribution >= 4 is 5.69 Å². The zero-order valence-corrected chi connectivity index (χ0v) is 13.3. The summed E-state index contributed by atoms with van der Waals surface area (Å²) in [7, 11) is 1.81. The molecule has 0 saturated heterocycles. The van der Waals surface area contributed by atoms with Crippen molar-refractivity contribution in [2.75, 3.05) is 5.32 Å². The standard InChI is InChI=1S/C17H16N6O/c1-12(17-20-21-22-23(17)2)19-14-5-9-16(10-6-14)24-15-7-3-13(11-18)4-8-15/h3-10,12,19H,1-2H3/t12-/m1/s1. The maximum atomic E-state index is 8.79. The molecule has 0 bridgehead atoms. The van der Waals surface area contributed by atoms with Gasteiger partial charge in [0.05, 0.1) is 17.7 Å². The zero-order valence-electron chi connectivity index (χ0n) is 13.3. The van der Waals surface area contributed by atoms with Crippen molar-refractivity contribution in [1.82, 2.24) is 20.2 Å². The van der Waals surface area contributed by atoms with Crippen LogP contribution < -0.4 is 10.1 Å². The quantitative estimate of drug-likeness (QED) is 0.777. The number of tetrazole rings is 1. The summed E-state index contributed by atoms with van der Waals surface area (Å²) < 4.78 is 7.39. The summed E-state index contributed by atoms with van der Waals surface area (Å²) in [6, 6.07) is 16.7. The highest BCUT2D eigenvalue weighted by Gasteiger charge is 2.12. The Morgan fingerprint density at radius 3 is 2.25 bits per heavy atom. The van der Waals surface area contributed by atoms with Crippen LogP contribution >= 0.6 is 0 Å². The van der Waals surface area contributed by atoms with E-state index in [2.05, 4.69) is 26.9 Å². The van der Waals surface area contributed by atoms with Crippen LogP contribution in [0.5, 0.6) is 11.5 Å². The topological polar surface area (TPSA) is 88.7 Å². The number of benzene rings is 2. The SMILES string of the molecule is C[C@@H](Nc1ccc(Oc2ccc(C#N)cc2)cc1)c1nnnn1C. The number of aromatic nitrogens is 4. The van der Waals surface area contributed by atoms with Crippen LogP contribution in [0.2, 0.25) is 0 Å². The van der Waals surface area contributed by atoms with Gasteiger partial charge in [0, 0.05) is 12.7 Å². The second-order valence-electron chi connectivity index (χ2n) is 5.29. The minimum atomic E-state index is -0.0182. The molecule has 0 aliphatic heterocycles. The van der Waals surface area contributed by atoms with Gasteiger partial charge in [0.2, 0.25) is 0 Å². The Kier molecular flexibility index (Phi) is 4.38. The Balaban J connectivity index is 1.64. The van der Waals surface area contributed by atoms with Gasteiger partial charge in [-0.3, -0.25) is 0 Å². The lowest BCUT2D eigenvalue weighted by Crippen LogP contribution is -2.12. The molecule has 7 nitrogen and oxygen atoms in total. The fourth-order valence-corrected chi connectivity index (χ4v) is 2.27. The minimum Gasteiger partial charge on any atom is -0.457 e. The van der Waals surface area contributed by atoms with Crippen molar-refractivity contribution in [3.05, 3.63) is 59.9 Å². The van der Waals surface area contributed by atoms with Crippen molar-refractivity contribution in [3.63, 3.8) is 0 Å². The number of aryl methyl sites for hydroxylation is 1. The van der Waals surface area contributed by atoms with Crippen molar-refractivity contribution in [3.8, 4) is 17.6 Å². The molecule has 0 saturated carbocycles. The molecule has 1 atom stereocenters. The summed E-state index contributed by atoms with van der Waals surface area (Å²) in [4.78, 5) is 0. The predicted molar refractivity (Wildman–Crippen MR) is 88.5 cm³/mol. The van der Waals surface area contributed by atoms with E-state index in [1.165, 1.54) is 0 Å². The first-order valence-corrected chi connectivity index (χ1v) is 7.42. The zero-order chi connectivity index (χ0) is 16.9. The van der Waals surface area contributed by atoms with Crippen LogP contribution in [0, 0.1) is 11.3 Å². The first-order valence-electron chi connectivity index (χ1n) is 7.42. The highest BCUT2D eigenvalue weighted by atomic mass is 16.5. The lowest BCUT2D eigenvalue weighted by molar-refractivity contribution is 0.482. The van der Waals surface area contributed by atoms with E-state index in [9.17, 15) is 0 Å². The van der Waals surface area contributed by atoms with Crippen LogP contribution in [0.3, 0.4) is 0 Å². The minimum absolute atomic E-state index is 0.0182. The number of rotatable bonds is 5. The van der Waals surface area contributed by atoms with Gasteiger partial charge in [-0.05, 0) is 65.9 Å². The molecule has 2 aromatic carbocycles. The van der Waals surface area contributed by atoms with Gasteiger partial charge in [-0.15, -0.1) is 5.10 Å². The van der Waals surface area contributed by atoms with Crippen molar-refractivity contribution in [2.24, 2.45) is 7.05 Å². The van der Waals surface area contributed by atoms with Crippen LogP contribution in [-0.4, -0.2) is 20.2 Å². The molecule has 0 spiro atoms. The Morgan fingerprint density at radius 1 is 1.08 bits per heavy atom. The molecule has 1 N–H and O–H groups in total. The van der Waals surface area contributed by atoms with Crippen molar-refractivity contribution in [2.45, 2.75) is 13.0 Å². The van der Waals surface area contributed by atoms with Gasteiger partial charge in [0.15, 0.2) is 5.82 Å². The predicted octanol–water partition coefficient (Wildman–Crippen LogP) is 3.05. The lowest BCUT2D eigenvalue weighted by atomic mass is 10.2. The summed E-state index contributed by atoms with van der Waals surface area (Å²) in [6.07, 6.45) is 0. The number of anilines is 1. The highest BCUT2D eigenvalue weighted by molar-refractivity contribution is 5.48. The summed E-state index contributed by atoms with van der Waals surface area (Å²) in [5.41, 5.74) is 1.55. The van der Waals surface area contributed by atoms with E-state index >= 15 is 0 Å². The largest absolute Gasteiger partial charge is 0.457 e. The van der Waals surface area contributed by atoms with E-state index in [-0.39, 0.29) is 6.04 Å². The van der Waals surface area contributed by atoms with Crippen LogP contribution in [0.15, 0.2) is 48.5 Å². The monoisotopic (exact) mass is 320 g/mol. The van der Waals surface area contributed by atoms with Crippen molar-refractivity contribution in [1.29, 1.82) is 5.26 Å². The fraction of sp³-hybridized carbons (Fsp3) is 0.176. The third kappa shape index (κ3) is 3.50. The molecule has 7 heteroatoms. The lowest BCUT2D eigenvalue weighted by Gasteiger charge is -2.14. The van der Waals surface area contributed by atoms with Gasteiger partial charge in [-0.25, -0.2) is 4.68 Å². The molecular weight excluding hydrogens is 304 g/mol. The Bertz CT molecular complexity index is 848. The molecule has 0 fully saturated rings. The Hall–Kier alpha value is -3.40. The smallest absolute Gasteiger partial charge is 0.173 e. The molecule has 3 aromatic rings. The van der Waals surface area contributed by atoms with Crippen LogP contribution in [0.25, 0.3) is 0 Å². The summed E-state index contributed by atoms with van der Waals surface area (Å²) in [5.74, 6) is 2.17. The van der Waals surface area contributed by atoms with Crippen LogP contribution in [-0.2, 0) is 7.05 Å². The van der Waals surface area contributed by atoms with E-state index < -0.39 is 0 Å². The van der Waals surface area contributed by atoms with Gasteiger partial charge in [-0.2, -0.15) is 5.26 Å². The first-order chi connectivity index (χ1) is 11.7. The normalized spacial score (nSPS) is 11.5. The number of nitriles is 1. The van der Waals surface area contributed by atoms with Gasteiger partial charge >= 0.3 is 0 Å². The number of nitrogens with one attached hydrogen (secondary N) is 1. The number of nitrogens with zero attached hydrogens (tertiary/aromatic N) is 5. The molecule has 0 aliphatic rings. The number of hydrogen-bond acceptors (Lipinski definition) is 6. The second kappa shape index (κ2) is 6.79. The molecular formula is C17H16N6O. The number of hydrogen-bond donors (Lipinski definition) is 1. The molecule has 1 heterocycles. The van der Waals surface area contributed by atoms with Crippen LogP contribution in [0.4, 0.5) is 5.69 Å². The van der Waals surface area contributed by atoms with Crippen molar-refractivity contribution < 1.29 is 4.74 Å². The Morgan fingerprint density at radius 2 is 1.71 bits per heavy atom. The molecule has 3 rings (SSSR count). The van der Waals surface area contributed by atoms with Gasteiger partial charge in [0.1, 0.15) is 11.5 Å². The maximum Gasteiger partial charge on any atom is 0.173 e. The fourth-order valence-electron chi connectivity index (χ4n) is 2.27. The molecule has 0 unspecified atom stereocenters. The molecule has 0 aliphatic carbocycles. The van der Waals surface area contributed by atoms with Gasteiger partial charge < -0.3 is 10.1 Å². The van der Waals surface area contributed by atoms with E-state index in [1.807, 2.05) is 38.2 Å². The van der Waals surface area contributed by atoms with E-state index in [0.717, 1.165) is 17.3 Å². The number of ether oxygens (including phenoxy) is 1. The first kappa shape index (κ1) is 15.5. The summed E-state index contributed by atoms with van der Waals surface area (Å²) in [5, 5.41) is 23.6. The van der Waals surface area contributed by atoms with Gasteiger partial charge in [0.25, 0.3) is 0 Å². The molecule has 120 valence electrons. The average Bonchev–Trinajstić information content (AvgIpc) is 3.03. The molecule has 0 radical (unpaired) electrons. The second-order valence-corrected chi connectivity index (χ2v) is 5.29. The molecule has 24 heavy (non-hydrogen) atoms. The van der Waals surface area contributed by atoms with E-state index in [4.69, 9.17) is 10.00 Å². The third-order valence-electron chi connectivity index (χ3n) is 3.50. The summed E-state index contributed by atoms with van der Waals surface area (Å²) >= 11 is 0. The van der Waals surface area contributed by atoms with E-state index in [0.29, 0.717) is 11.3 Å². The van der Waals surface area contributed by atoms with E-state index in [1.54, 1.807) is 28.9 Å². The maximum absolute atomic E-state index is 8.79. The Labute approximate surface area is 139 Å².